The Bertz CT molecular complexity index is 221. The molecule has 0 aromatic carbocycles. The summed E-state index contributed by atoms with van der Waals surface area (Å²) < 4.78 is -1.45. The van der Waals surface area contributed by atoms with E-state index in [0.717, 1.165) is 0 Å². The van der Waals surface area contributed by atoms with Crippen molar-refractivity contribution in [1.82, 2.24) is 5.32 Å². The van der Waals surface area contributed by atoms with Gasteiger partial charge in [-0.3, -0.25) is 4.79 Å². The molecule has 1 amide bonds. The zero-order valence-electron chi connectivity index (χ0n) is 5.67. The molecule has 11 heavy (non-hydrogen) atoms. The van der Waals surface area contributed by atoms with Gasteiger partial charge in [-0.1, -0.05) is 0 Å². The minimum Gasteiger partial charge on any atom is -0.366 e. The zero-order valence-corrected chi connectivity index (χ0v) is 7.83. The molecule has 4 nitrogen and oxygen atoms in total. The Morgan fingerprint density at radius 2 is 2.55 bits per heavy atom. The van der Waals surface area contributed by atoms with Gasteiger partial charge >= 0.3 is 0 Å². The van der Waals surface area contributed by atoms with Crippen LogP contribution in [0.5, 0.6) is 0 Å². The predicted molar refractivity (Wildman–Crippen MR) is 45.7 cm³/mol. The van der Waals surface area contributed by atoms with Crippen molar-refractivity contribution < 1.29 is 9.90 Å². The molecule has 0 aromatic heterocycles. The highest BCUT2D eigenvalue weighted by Gasteiger charge is 2.38. The van der Waals surface area contributed by atoms with Crippen molar-refractivity contribution in [2.24, 2.45) is 0 Å². The summed E-state index contributed by atoms with van der Waals surface area (Å²) >= 11 is 1.63. The van der Waals surface area contributed by atoms with E-state index in [1.54, 1.807) is 28.7 Å². The van der Waals surface area contributed by atoms with Crippen LogP contribution in [0, 0.1) is 11.3 Å². The maximum Gasteiger partial charge on any atom is 0.223 e. The summed E-state index contributed by atoms with van der Waals surface area (Å²) in [6.07, 6.45) is 0.934. The van der Waals surface area contributed by atoms with Crippen molar-refractivity contribution >= 4 is 28.5 Å². The minimum atomic E-state index is -1.45. The van der Waals surface area contributed by atoms with Gasteiger partial charge in [0.1, 0.15) is 6.07 Å². The fourth-order valence-electron chi connectivity index (χ4n) is 0.979. The zero-order chi connectivity index (χ0) is 8.48. The monoisotopic (exact) mass is 266 g/mol. The minimum absolute atomic E-state index is 0.0969. The van der Waals surface area contributed by atoms with E-state index in [0.29, 0.717) is 12.8 Å². The highest BCUT2D eigenvalue weighted by Crippen LogP contribution is 2.25. The fraction of sp³-hybridized carbons (Fsp3) is 0.667. The first-order valence-electron chi connectivity index (χ1n) is 3.18. The molecule has 0 bridgehead atoms. The largest absolute Gasteiger partial charge is 0.366 e. The lowest BCUT2D eigenvalue weighted by molar-refractivity contribution is -0.119. The van der Waals surface area contributed by atoms with Crippen molar-refractivity contribution in [2.75, 3.05) is 0 Å². The molecule has 0 saturated carbocycles. The number of halogens is 1. The average molecular weight is 266 g/mol. The summed E-state index contributed by atoms with van der Waals surface area (Å²) in [7, 11) is 0. The lowest BCUT2D eigenvalue weighted by Crippen LogP contribution is -2.42. The number of alkyl halides is 1. The van der Waals surface area contributed by atoms with Crippen LogP contribution < -0.4 is 5.32 Å². The van der Waals surface area contributed by atoms with E-state index in [1.807, 2.05) is 0 Å². The molecule has 1 aliphatic rings. The van der Waals surface area contributed by atoms with Crippen LogP contribution >= 0.6 is 22.6 Å². The van der Waals surface area contributed by atoms with Gasteiger partial charge in [-0.25, -0.2) is 0 Å². The van der Waals surface area contributed by atoms with Gasteiger partial charge in [-0.05, 0) is 29.0 Å². The molecule has 0 aliphatic carbocycles. The van der Waals surface area contributed by atoms with Gasteiger partial charge in [-0.2, -0.15) is 5.26 Å². The number of nitriles is 1. The average Bonchev–Trinajstić information content (AvgIpc) is 2.36. The van der Waals surface area contributed by atoms with Crippen LogP contribution in [0.1, 0.15) is 12.8 Å². The Morgan fingerprint density at radius 1 is 1.91 bits per heavy atom. The van der Waals surface area contributed by atoms with E-state index < -0.39 is 9.65 Å². The molecule has 0 radical (unpaired) electrons. The Balaban J connectivity index is 2.64. The normalized spacial score (nSPS) is 28.8. The van der Waals surface area contributed by atoms with Gasteiger partial charge in [0.2, 0.25) is 9.51 Å². The molecule has 1 fully saturated rings. The van der Waals surface area contributed by atoms with Crippen molar-refractivity contribution in [3.8, 4) is 6.07 Å². The van der Waals surface area contributed by atoms with Crippen molar-refractivity contribution in [2.45, 2.75) is 22.5 Å². The second-order valence-electron chi connectivity index (χ2n) is 2.44. The first-order chi connectivity index (χ1) is 5.06. The van der Waals surface area contributed by atoms with Crippen molar-refractivity contribution in [1.29, 1.82) is 5.26 Å². The summed E-state index contributed by atoms with van der Waals surface area (Å²) in [5.74, 6) is -0.0969. The summed E-state index contributed by atoms with van der Waals surface area (Å²) in [4.78, 5) is 10.7. The standard InChI is InChI=1S/C6H7IN2O2/c7-6(11,3-8)4-1-2-5(10)9-4/h4,11H,1-2H2,(H,9,10). The molecule has 0 spiro atoms. The van der Waals surface area contributed by atoms with Gasteiger partial charge in [-0.15, -0.1) is 0 Å². The number of carbonyl (C=O) groups is 1. The van der Waals surface area contributed by atoms with E-state index >= 15 is 0 Å². The Labute approximate surface area is 77.7 Å². The number of hydrogen-bond acceptors (Lipinski definition) is 3. The molecule has 2 N–H and O–H groups in total. The summed E-state index contributed by atoms with van der Waals surface area (Å²) in [6.45, 7) is 0. The van der Waals surface area contributed by atoms with Crippen LogP contribution in [-0.4, -0.2) is 20.7 Å². The summed E-state index contributed by atoms with van der Waals surface area (Å²) in [5, 5.41) is 20.4. The maximum absolute atomic E-state index is 10.7. The SMILES string of the molecule is N#CC(O)(I)C1CCC(=O)N1. The van der Waals surface area contributed by atoms with Crippen LogP contribution in [0.4, 0.5) is 0 Å². The van der Waals surface area contributed by atoms with Crippen LogP contribution in [-0.2, 0) is 4.79 Å². The van der Waals surface area contributed by atoms with Gasteiger partial charge in [0.05, 0.1) is 6.04 Å². The van der Waals surface area contributed by atoms with Gasteiger partial charge in [0.25, 0.3) is 0 Å². The lowest BCUT2D eigenvalue weighted by atomic mass is 10.1. The van der Waals surface area contributed by atoms with Gasteiger partial charge in [0, 0.05) is 6.42 Å². The second-order valence-corrected chi connectivity index (χ2v) is 4.09. The number of amides is 1. The third-order valence-electron chi connectivity index (χ3n) is 1.61. The van der Waals surface area contributed by atoms with Crippen LogP contribution in [0.25, 0.3) is 0 Å². The first kappa shape index (κ1) is 8.74. The molecule has 2 atom stereocenters. The molecular formula is C6H7IN2O2. The van der Waals surface area contributed by atoms with Crippen molar-refractivity contribution in [3.05, 3.63) is 0 Å². The van der Waals surface area contributed by atoms with Crippen LogP contribution in [0.2, 0.25) is 0 Å². The molecule has 2 unspecified atom stereocenters. The second kappa shape index (κ2) is 2.95. The number of nitrogens with zero attached hydrogens (tertiary/aromatic N) is 1. The molecule has 0 aromatic rings. The highest BCUT2D eigenvalue weighted by atomic mass is 127. The third-order valence-corrected chi connectivity index (χ3v) is 2.61. The quantitative estimate of drug-likeness (QED) is 0.396. The highest BCUT2D eigenvalue weighted by molar-refractivity contribution is 14.1. The summed E-state index contributed by atoms with van der Waals surface area (Å²) in [6, 6.07) is 1.32. The number of aliphatic hydroxyl groups is 1. The van der Waals surface area contributed by atoms with E-state index in [4.69, 9.17) is 5.26 Å². The topological polar surface area (TPSA) is 73.1 Å². The van der Waals surface area contributed by atoms with Gasteiger partial charge < -0.3 is 10.4 Å². The Morgan fingerprint density at radius 3 is 2.91 bits per heavy atom. The van der Waals surface area contributed by atoms with Gasteiger partial charge in [0.15, 0.2) is 0 Å². The van der Waals surface area contributed by atoms with Crippen LogP contribution in [0.15, 0.2) is 0 Å². The Kier molecular flexibility index (Phi) is 2.34. The molecule has 1 saturated heterocycles. The fourth-order valence-corrected chi connectivity index (χ4v) is 1.45. The molecule has 1 rings (SSSR count). The molecular weight excluding hydrogens is 259 g/mol. The molecule has 1 heterocycles. The maximum atomic E-state index is 10.7. The number of hydrogen-bond donors (Lipinski definition) is 2. The van der Waals surface area contributed by atoms with E-state index in [9.17, 15) is 9.90 Å². The molecule has 60 valence electrons. The van der Waals surface area contributed by atoms with E-state index in [1.165, 1.54) is 0 Å². The van der Waals surface area contributed by atoms with E-state index in [2.05, 4.69) is 5.32 Å². The number of carbonyl (C=O) groups excluding carboxylic acids is 1. The van der Waals surface area contributed by atoms with Crippen molar-refractivity contribution in [3.63, 3.8) is 0 Å². The first-order valence-corrected chi connectivity index (χ1v) is 4.26. The smallest absolute Gasteiger partial charge is 0.223 e. The predicted octanol–water partition coefficient (Wildman–Crippen LogP) is -0.0878. The van der Waals surface area contributed by atoms with E-state index in [-0.39, 0.29) is 5.91 Å². The summed E-state index contributed by atoms with van der Waals surface area (Å²) in [5.41, 5.74) is 0. The number of nitrogens with one attached hydrogen (secondary N) is 1. The Hall–Kier alpha value is -0.350. The molecule has 5 heteroatoms. The molecule has 1 aliphatic heterocycles. The lowest BCUT2D eigenvalue weighted by Gasteiger charge is -2.19. The third kappa shape index (κ3) is 1.81. The van der Waals surface area contributed by atoms with Crippen LogP contribution in [0.3, 0.4) is 0 Å². The number of rotatable bonds is 1.